The van der Waals surface area contributed by atoms with Gasteiger partial charge in [-0.15, -0.1) is 0 Å². The number of hydrogen-bond donors (Lipinski definition) is 2. The van der Waals surface area contributed by atoms with Crippen LogP contribution in [0, 0.1) is 5.41 Å². The molecular weight excluding hydrogens is 218 g/mol. The highest BCUT2D eigenvalue weighted by Crippen LogP contribution is 2.18. The normalized spacial score (nSPS) is 11.5. The molecule has 0 spiro atoms. The minimum absolute atomic E-state index is 0.0967. The molecule has 4 heteroatoms. The Morgan fingerprint density at radius 2 is 2.24 bits per heavy atom. The molecule has 0 aliphatic rings. The maximum atomic E-state index is 11.9. The molecule has 0 saturated heterocycles. The third-order valence-corrected chi connectivity index (χ3v) is 2.83. The number of carbonyl (C=O) groups excluding carboxylic acids is 1. The van der Waals surface area contributed by atoms with Crippen LogP contribution < -0.4 is 5.32 Å². The lowest BCUT2D eigenvalue weighted by atomic mass is 9.89. The van der Waals surface area contributed by atoms with Crippen LogP contribution in [0.1, 0.15) is 43.3 Å². The number of aliphatic hydroxyl groups excluding tert-OH is 1. The van der Waals surface area contributed by atoms with E-state index in [-0.39, 0.29) is 17.9 Å². The van der Waals surface area contributed by atoms with Gasteiger partial charge in [0.15, 0.2) is 0 Å². The minimum atomic E-state index is -0.110. The first-order valence-electron chi connectivity index (χ1n) is 5.95. The maximum absolute atomic E-state index is 11.9. The van der Waals surface area contributed by atoms with E-state index in [1.54, 1.807) is 6.07 Å². The number of rotatable bonds is 6. The molecule has 1 aromatic rings. The number of amides is 1. The van der Waals surface area contributed by atoms with Crippen molar-refractivity contribution in [2.75, 3.05) is 13.2 Å². The summed E-state index contributed by atoms with van der Waals surface area (Å²) in [5.74, 6) is 0.601. The molecule has 96 valence electrons. The Hall–Kier alpha value is -1.29. The molecule has 0 fully saturated rings. The van der Waals surface area contributed by atoms with Crippen molar-refractivity contribution < 1.29 is 14.3 Å². The zero-order valence-corrected chi connectivity index (χ0v) is 10.7. The molecule has 1 amide bonds. The number of hydrogen-bond acceptors (Lipinski definition) is 3. The van der Waals surface area contributed by atoms with Gasteiger partial charge >= 0.3 is 0 Å². The van der Waals surface area contributed by atoms with Crippen molar-refractivity contribution in [3.05, 3.63) is 23.7 Å². The van der Waals surface area contributed by atoms with E-state index in [2.05, 4.69) is 5.32 Å². The van der Waals surface area contributed by atoms with Gasteiger partial charge in [-0.3, -0.25) is 4.79 Å². The third-order valence-electron chi connectivity index (χ3n) is 2.83. The minimum Gasteiger partial charge on any atom is -0.469 e. The summed E-state index contributed by atoms with van der Waals surface area (Å²) in [7, 11) is 0. The van der Waals surface area contributed by atoms with Gasteiger partial charge < -0.3 is 14.8 Å². The second-order valence-corrected chi connectivity index (χ2v) is 4.93. The van der Waals surface area contributed by atoms with E-state index in [1.807, 2.05) is 20.8 Å². The van der Waals surface area contributed by atoms with Crippen molar-refractivity contribution in [1.29, 1.82) is 0 Å². The van der Waals surface area contributed by atoms with Crippen LogP contribution in [0.3, 0.4) is 0 Å². The second kappa shape index (κ2) is 5.87. The largest absolute Gasteiger partial charge is 0.469 e. The lowest BCUT2D eigenvalue weighted by Gasteiger charge is -2.23. The molecule has 17 heavy (non-hydrogen) atoms. The molecule has 1 aromatic heterocycles. The molecule has 1 heterocycles. The van der Waals surface area contributed by atoms with Crippen molar-refractivity contribution in [3.63, 3.8) is 0 Å². The first kappa shape index (κ1) is 13.8. The van der Waals surface area contributed by atoms with Crippen molar-refractivity contribution in [3.8, 4) is 0 Å². The Kier molecular flexibility index (Phi) is 4.75. The molecule has 4 nitrogen and oxygen atoms in total. The lowest BCUT2D eigenvalue weighted by molar-refractivity contribution is 0.0926. The Balaban J connectivity index is 2.56. The Morgan fingerprint density at radius 3 is 2.82 bits per heavy atom. The van der Waals surface area contributed by atoms with Gasteiger partial charge in [0.1, 0.15) is 5.76 Å². The number of aryl methyl sites for hydroxylation is 1. The number of nitrogens with one attached hydrogen (secondary N) is 1. The molecule has 2 N–H and O–H groups in total. The van der Waals surface area contributed by atoms with E-state index < -0.39 is 0 Å². The highest BCUT2D eigenvalue weighted by molar-refractivity contribution is 5.95. The molecule has 0 radical (unpaired) electrons. The summed E-state index contributed by atoms with van der Waals surface area (Å²) in [5.41, 5.74) is 0.507. The number of furan rings is 1. The Labute approximate surface area is 102 Å². The van der Waals surface area contributed by atoms with Gasteiger partial charge in [-0.25, -0.2) is 0 Å². The summed E-state index contributed by atoms with van der Waals surface area (Å²) in [5, 5.41) is 11.8. The Morgan fingerprint density at radius 1 is 1.53 bits per heavy atom. The smallest absolute Gasteiger partial charge is 0.254 e. The molecule has 0 aromatic carbocycles. The summed E-state index contributed by atoms with van der Waals surface area (Å²) in [6, 6.07) is 1.69. The maximum Gasteiger partial charge on any atom is 0.254 e. The second-order valence-electron chi connectivity index (χ2n) is 4.93. The molecular formula is C13H21NO3. The Bertz CT molecular complexity index is 368. The van der Waals surface area contributed by atoms with Crippen LogP contribution in [-0.4, -0.2) is 24.2 Å². The van der Waals surface area contributed by atoms with E-state index in [1.165, 1.54) is 6.26 Å². The lowest BCUT2D eigenvalue weighted by Crippen LogP contribution is -2.34. The summed E-state index contributed by atoms with van der Waals surface area (Å²) < 4.78 is 5.21. The topological polar surface area (TPSA) is 62.5 Å². The molecule has 0 saturated carbocycles. The van der Waals surface area contributed by atoms with E-state index in [9.17, 15) is 4.79 Å². The van der Waals surface area contributed by atoms with Crippen molar-refractivity contribution in [2.45, 2.75) is 33.6 Å². The van der Waals surface area contributed by atoms with Gasteiger partial charge in [0, 0.05) is 19.6 Å². The van der Waals surface area contributed by atoms with Crippen molar-refractivity contribution in [1.82, 2.24) is 5.32 Å². The molecule has 0 bridgehead atoms. The molecule has 0 atom stereocenters. The van der Waals surface area contributed by atoms with Gasteiger partial charge in [-0.1, -0.05) is 20.8 Å². The fourth-order valence-electron chi connectivity index (χ4n) is 1.62. The monoisotopic (exact) mass is 239 g/mol. The molecule has 1 rings (SSSR count). The van der Waals surface area contributed by atoms with Crippen LogP contribution in [0.15, 0.2) is 16.7 Å². The van der Waals surface area contributed by atoms with Crippen LogP contribution in [0.5, 0.6) is 0 Å². The summed E-state index contributed by atoms with van der Waals surface area (Å²) in [6.45, 7) is 6.65. The quantitative estimate of drug-likeness (QED) is 0.798. The number of carbonyl (C=O) groups is 1. The van der Waals surface area contributed by atoms with Crippen LogP contribution in [0.4, 0.5) is 0 Å². The number of aliphatic hydroxyl groups is 1. The molecule has 0 unspecified atom stereocenters. The van der Waals surface area contributed by atoms with Crippen LogP contribution in [0.25, 0.3) is 0 Å². The van der Waals surface area contributed by atoms with Gasteiger partial charge in [0.05, 0.1) is 11.8 Å². The van der Waals surface area contributed by atoms with Gasteiger partial charge in [0.2, 0.25) is 0 Å². The van der Waals surface area contributed by atoms with Crippen molar-refractivity contribution in [2.24, 2.45) is 5.41 Å². The zero-order valence-electron chi connectivity index (χ0n) is 10.7. The first-order valence-corrected chi connectivity index (χ1v) is 5.95. The standard InChI is InChI=1S/C13H21NO3/c1-4-11-10(5-8-17-11)12(16)14-9-13(2,3)6-7-15/h5,8,15H,4,6-7,9H2,1-3H3,(H,14,16). The van der Waals surface area contributed by atoms with Gasteiger partial charge in [-0.2, -0.15) is 0 Å². The average molecular weight is 239 g/mol. The summed E-state index contributed by atoms with van der Waals surface area (Å²) in [6.07, 6.45) is 2.90. The predicted octanol–water partition coefficient (Wildman–Crippen LogP) is 1.98. The van der Waals surface area contributed by atoms with Crippen LogP contribution >= 0.6 is 0 Å². The average Bonchev–Trinajstić information content (AvgIpc) is 2.74. The third kappa shape index (κ3) is 3.89. The zero-order chi connectivity index (χ0) is 12.9. The van der Waals surface area contributed by atoms with Gasteiger partial charge in [-0.05, 0) is 17.9 Å². The highest BCUT2D eigenvalue weighted by atomic mass is 16.3. The molecule has 0 aliphatic carbocycles. The summed E-state index contributed by atoms with van der Waals surface area (Å²) >= 11 is 0. The highest BCUT2D eigenvalue weighted by Gasteiger charge is 2.20. The van der Waals surface area contributed by atoms with E-state index in [4.69, 9.17) is 9.52 Å². The van der Waals surface area contributed by atoms with Crippen molar-refractivity contribution >= 4 is 5.91 Å². The predicted molar refractivity (Wildman–Crippen MR) is 65.9 cm³/mol. The van der Waals surface area contributed by atoms with E-state index in [0.717, 1.165) is 0 Å². The van der Waals surface area contributed by atoms with Crippen LogP contribution in [-0.2, 0) is 6.42 Å². The van der Waals surface area contributed by atoms with Crippen LogP contribution in [0.2, 0.25) is 0 Å². The fourth-order valence-corrected chi connectivity index (χ4v) is 1.62. The SMILES string of the molecule is CCc1occc1C(=O)NCC(C)(C)CCO. The summed E-state index contributed by atoms with van der Waals surface area (Å²) in [4.78, 5) is 11.9. The van der Waals surface area contributed by atoms with Gasteiger partial charge in [0.25, 0.3) is 5.91 Å². The fraction of sp³-hybridized carbons (Fsp3) is 0.615. The van der Waals surface area contributed by atoms with E-state index in [0.29, 0.717) is 30.7 Å². The molecule has 0 aliphatic heterocycles. The first-order chi connectivity index (χ1) is 8.00. The van der Waals surface area contributed by atoms with E-state index >= 15 is 0 Å².